The topological polar surface area (TPSA) is 150 Å². The molecular weight excluding hydrogens is 650 g/mol. The molecule has 0 aromatic heterocycles. The molecule has 1 aromatic rings. The molecule has 2 aliphatic rings. The zero-order valence-electron chi connectivity index (χ0n) is 32.6. The number of aliphatic hydroxyl groups is 1. The number of hydrogen-bond donors (Lipinski definition) is 4. The fraction of sp³-hybridized carbons (Fsp3) is 0.744. The van der Waals surface area contributed by atoms with Crippen LogP contribution in [0.25, 0.3) is 0 Å². The Balaban J connectivity index is 1.75. The number of aliphatic hydroxyl groups excluding tert-OH is 1. The Hall–Kier alpha value is -2.90. The minimum absolute atomic E-state index is 0.0598. The van der Waals surface area contributed by atoms with Crippen molar-refractivity contribution in [3.63, 3.8) is 0 Å². The van der Waals surface area contributed by atoms with Crippen molar-refractivity contribution in [3.8, 4) is 0 Å². The zero-order valence-corrected chi connectivity index (χ0v) is 32.6. The van der Waals surface area contributed by atoms with Crippen molar-refractivity contribution in [3.05, 3.63) is 35.9 Å². The van der Waals surface area contributed by atoms with E-state index in [1.807, 2.05) is 68.0 Å². The average molecular weight is 716 g/mol. The van der Waals surface area contributed by atoms with Gasteiger partial charge >= 0.3 is 0 Å². The number of likely N-dealkylation sites (tertiary alicyclic amines) is 1. The Bertz CT molecular complexity index is 1290. The average Bonchev–Trinajstić information content (AvgIpc) is 3.78. The van der Waals surface area contributed by atoms with E-state index in [4.69, 9.17) is 9.47 Å². The number of methoxy groups -OCH3 is 2. The van der Waals surface area contributed by atoms with Gasteiger partial charge in [0, 0.05) is 26.8 Å². The second-order valence-corrected chi connectivity index (χ2v) is 15.3. The van der Waals surface area contributed by atoms with Crippen LogP contribution in [0.3, 0.4) is 0 Å². The van der Waals surface area contributed by atoms with Crippen molar-refractivity contribution in [1.82, 2.24) is 25.8 Å². The molecule has 10 atom stereocenters. The van der Waals surface area contributed by atoms with Crippen LogP contribution in [0.5, 0.6) is 0 Å². The Morgan fingerprint density at radius 2 is 1.71 bits per heavy atom. The van der Waals surface area contributed by atoms with Gasteiger partial charge in [-0.2, -0.15) is 0 Å². The van der Waals surface area contributed by atoms with Gasteiger partial charge in [-0.15, -0.1) is 0 Å². The lowest BCUT2D eigenvalue weighted by atomic mass is 9.87. The summed E-state index contributed by atoms with van der Waals surface area (Å²) < 4.78 is 12.0. The van der Waals surface area contributed by atoms with Crippen LogP contribution in [-0.2, 0) is 28.7 Å². The van der Waals surface area contributed by atoms with E-state index in [1.165, 1.54) is 0 Å². The van der Waals surface area contributed by atoms with Crippen LogP contribution in [0.15, 0.2) is 30.3 Å². The Morgan fingerprint density at radius 3 is 2.25 bits per heavy atom. The van der Waals surface area contributed by atoms with E-state index in [0.717, 1.165) is 25.8 Å². The Morgan fingerprint density at radius 1 is 1.04 bits per heavy atom. The molecule has 0 radical (unpaired) electrons. The van der Waals surface area contributed by atoms with Crippen molar-refractivity contribution in [2.45, 2.75) is 135 Å². The molecule has 12 nitrogen and oxygen atoms in total. The summed E-state index contributed by atoms with van der Waals surface area (Å²) in [5.41, 5.74) is -0.0631. The van der Waals surface area contributed by atoms with Gasteiger partial charge < -0.3 is 30.1 Å². The van der Waals surface area contributed by atoms with Gasteiger partial charge in [0.15, 0.2) is 0 Å². The van der Waals surface area contributed by atoms with Crippen LogP contribution < -0.4 is 16.0 Å². The van der Waals surface area contributed by atoms with Gasteiger partial charge in [0.25, 0.3) is 0 Å². The number of amides is 4. The standard InChI is InChI=1S/C39H65N5O7/c1-11-25(4)33(43(8)32(24(2)3)37(48)42-38(49)39(7)20-16-21-40-39)30(50-9)23-31(45)44-22-15-19-29(44)35(51-10)26(5)36(47)41-27(6)34(46)28-17-13-12-14-18-28/h12-14,17-18,24-27,29-30,32-35,40,46H,11,15-16,19-23H2,1-10H3,(H,41,47)(H,42,48,49)/t25-,26+,27+,29-,30+,32-,33-,34+,35+,39-/m0/s1. The number of nitrogens with zero attached hydrogens (tertiary/aromatic N) is 2. The molecule has 0 unspecified atom stereocenters. The van der Waals surface area contributed by atoms with E-state index >= 15 is 0 Å². The molecule has 0 spiro atoms. The number of carbonyl (C=O) groups is 4. The molecule has 3 rings (SSSR count). The summed E-state index contributed by atoms with van der Waals surface area (Å²) in [6, 6.07) is 7.41. The second kappa shape index (κ2) is 19.3. The molecule has 288 valence electrons. The number of ether oxygens (including phenoxy) is 2. The van der Waals surface area contributed by atoms with E-state index in [1.54, 1.807) is 28.1 Å². The third kappa shape index (κ3) is 10.4. The van der Waals surface area contributed by atoms with Gasteiger partial charge in [-0.05, 0) is 70.5 Å². The first kappa shape index (κ1) is 42.5. The van der Waals surface area contributed by atoms with Gasteiger partial charge in [0.1, 0.15) is 0 Å². The normalized spacial score (nSPS) is 24.0. The number of rotatable bonds is 18. The molecular formula is C39H65N5O7. The monoisotopic (exact) mass is 715 g/mol. The Kier molecular flexibility index (Phi) is 16.1. The maximum Gasteiger partial charge on any atom is 0.246 e. The SMILES string of the molecule is CC[C@H](C)[C@@H]([C@@H](CC(=O)N1CCC[C@H]1[C@H](OC)[C@@H](C)C(=O)N[C@H](C)[C@@H](O)c1ccccc1)OC)N(C)[C@H](C(=O)NC(=O)[C@]1(C)CCCN1)C(C)C. The molecule has 12 heteroatoms. The smallest absolute Gasteiger partial charge is 0.246 e. The molecule has 2 heterocycles. The van der Waals surface area contributed by atoms with Crippen molar-refractivity contribution in [2.24, 2.45) is 17.8 Å². The molecule has 0 aliphatic carbocycles. The van der Waals surface area contributed by atoms with Crippen LogP contribution >= 0.6 is 0 Å². The van der Waals surface area contributed by atoms with E-state index < -0.39 is 41.9 Å². The lowest BCUT2D eigenvalue weighted by Gasteiger charge is -2.43. The third-order valence-corrected chi connectivity index (χ3v) is 11.4. The highest BCUT2D eigenvalue weighted by atomic mass is 16.5. The van der Waals surface area contributed by atoms with Crippen molar-refractivity contribution in [2.75, 3.05) is 34.4 Å². The van der Waals surface area contributed by atoms with Crippen LogP contribution in [0.2, 0.25) is 0 Å². The highest BCUT2D eigenvalue weighted by molar-refractivity contribution is 6.02. The highest BCUT2D eigenvalue weighted by Gasteiger charge is 2.44. The molecule has 0 saturated carbocycles. The number of likely N-dealkylation sites (N-methyl/N-ethyl adjacent to an activating group) is 1. The molecule has 1 aromatic carbocycles. The zero-order chi connectivity index (χ0) is 38.0. The van der Waals surface area contributed by atoms with Gasteiger partial charge in [0.05, 0.1) is 54.3 Å². The van der Waals surface area contributed by atoms with Gasteiger partial charge in [-0.1, -0.05) is 71.4 Å². The second-order valence-electron chi connectivity index (χ2n) is 15.3. The number of imide groups is 1. The predicted molar refractivity (Wildman–Crippen MR) is 198 cm³/mol. The highest BCUT2D eigenvalue weighted by Crippen LogP contribution is 2.31. The molecule has 2 aliphatic heterocycles. The first-order valence-corrected chi connectivity index (χ1v) is 18.8. The lowest BCUT2D eigenvalue weighted by Crippen LogP contribution is -2.61. The molecule has 2 fully saturated rings. The van der Waals surface area contributed by atoms with Gasteiger partial charge in [-0.25, -0.2) is 0 Å². The summed E-state index contributed by atoms with van der Waals surface area (Å²) in [6.45, 7) is 14.7. The molecule has 51 heavy (non-hydrogen) atoms. The van der Waals surface area contributed by atoms with E-state index in [9.17, 15) is 24.3 Å². The fourth-order valence-electron chi connectivity index (χ4n) is 8.12. The summed E-state index contributed by atoms with van der Waals surface area (Å²) in [4.78, 5) is 58.4. The maximum absolute atomic E-state index is 14.2. The largest absolute Gasteiger partial charge is 0.386 e. The predicted octanol–water partition coefficient (Wildman–Crippen LogP) is 3.43. The van der Waals surface area contributed by atoms with Crippen LogP contribution in [0.1, 0.15) is 98.7 Å². The number of nitrogens with one attached hydrogen (secondary N) is 3. The first-order valence-electron chi connectivity index (χ1n) is 18.8. The van der Waals surface area contributed by atoms with Crippen LogP contribution in [0, 0.1) is 17.8 Å². The van der Waals surface area contributed by atoms with Crippen molar-refractivity contribution >= 4 is 23.6 Å². The maximum atomic E-state index is 14.2. The van der Waals surface area contributed by atoms with E-state index in [2.05, 4.69) is 29.8 Å². The van der Waals surface area contributed by atoms with Crippen molar-refractivity contribution < 1.29 is 33.8 Å². The first-order chi connectivity index (χ1) is 24.1. The quantitative estimate of drug-likeness (QED) is 0.179. The van der Waals surface area contributed by atoms with E-state index in [-0.39, 0.29) is 54.0 Å². The van der Waals surface area contributed by atoms with Crippen molar-refractivity contribution in [1.29, 1.82) is 0 Å². The summed E-state index contributed by atoms with van der Waals surface area (Å²) in [6.07, 6.45) is 1.90. The molecule has 4 N–H and O–H groups in total. The van der Waals surface area contributed by atoms with Gasteiger partial charge in [0.2, 0.25) is 23.6 Å². The van der Waals surface area contributed by atoms with E-state index in [0.29, 0.717) is 24.9 Å². The Labute approximate surface area is 305 Å². The summed E-state index contributed by atoms with van der Waals surface area (Å²) >= 11 is 0. The molecule has 0 bridgehead atoms. The summed E-state index contributed by atoms with van der Waals surface area (Å²) in [7, 11) is 5.04. The minimum Gasteiger partial charge on any atom is -0.386 e. The van der Waals surface area contributed by atoms with Crippen LogP contribution in [-0.4, -0.2) is 115 Å². The number of benzene rings is 1. The molecule has 2 saturated heterocycles. The summed E-state index contributed by atoms with van der Waals surface area (Å²) in [5.74, 6) is -1.69. The number of carbonyl (C=O) groups excluding carboxylic acids is 4. The fourth-order valence-corrected chi connectivity index (χ4v) is 8.12. The molecule has 4 amide bonds. The minimum atomic E-state index is -0.870. The number of hydrogen-bond acceptors (Lipinski definition) is 9. The summed E-state index contributed by atoms with van der Waals surface area (Å²) in [5, 5.41) is 19.7. The third-order valence-electron chi connectivity index (χ3n) is 11.4. The lowest BCUT2D eigenvalue weighted by molar-refractivity contribution is -0.144. The van der Waals surface area contributed by atoms with Crippen LogP contribution in [0.4, 0.5) is 0 Å². The van der Waals surface area contributed by atoms with Gasteiger partial charge in [-0.3, -0.25) is 29.4 Å².